The zero-order valence-corrected chi connectivity index (χ0v) is 12.4. The van der Waals surface area contributed by atoms with Gasteiger partial charge in [0.1, 0.15) is 13.2 Å². The maximum Gasteiger partial charge on any atom is 0.165 e. The summed E-state index contributed by atoms with van der Waals surface area (Å²) in [6.45, 7) is 5.84. The molecule has 2 aliphatic rings. The van der Waals surface area contributed by atoms with Crippen molar-refractivity contribution in [1.29, 1.82) is 0 Å². The molecule has 0 saturated carbocycles. The van der Waals surface area contributed by atoms with Gasteiger partial charge < -0.3 is 14.8 Å². The molecule has 0 radical (unpaired) electrons. The van der Waals surface area contributed by atoms with Crippen LogP contribution in [-0.2, 0) is 6.42 Å². The molecule has 1 atom stereocenters. The molecule has 1 aromatic rings. The Balaban J connectivity index is 1.66. The number of nitrogens with one attached hydrogen (secondary N) is 1. The van der Waals surface area contributed by atoms with E-state index in [1.807, 2.05) is 0 Å². The molecular formula is C17H25NO2. The molecule has 1 unspecified atom stereocenters. The average Bonchev–Trinajstić information content (AvgIpc) is 2.91. The minimum absolute atomic E-state index is 0.635. The molecule has 110 valence electrons. The summed E-state index contributed by atoms with van der Waals surface area (Å²) < 4.78 is 11.6. The van der Waals surface area contributed by atoms with Gasteiger partial charge in [0.2, 0.25) is 0 Å². The molecule has 0 saturated heterocycles. The van der Waals surface area contributed by atoms with Crippen LogP contribution in [0.4, 0.5) is 0 Å². The molecule has 0 aromatic heterocycles. The predicted molar refractivity (Wildman–Crippen MR) is 80.9 cm³/mol. The highest BCUT2D eigenvalue weighted by Gasteiger charge is 2.29. The number of hydrogen-bond donors (Lipinski definition) is 1. The van der Waals surface area contributed by atoms with Gasteiger partial charge in [-0.05, 0) is 56.3 Å². The van der Waals surface area contributed by atoms with Crippen LogP contribution in [0.1, 0.15) is 49.7 Å². The van der Waals surface area contributed by atoms with Crippen molar-refractivity contribution in [3.8, 4) is 11.5 Å². The number of rotatable bonds is 6. The topological polar surface area (TPSA) is 30.5 Å². The third-order valence-electron chi connectivity index (χ3n) is 4.38. The summed E-state index contributed by atoms with van der Waals surface area (Å²) in [5.74, 6) is 2.61. The molecule has 1 aromatic carbocycles. The number of benzene rings is 1. The van der Waals surface area contributed by atoms with Crippen LogP contribution in [-0.4, -0.2) is 26.3 Å². The van der Waals surface area contributed by atoms with Gasteiger partial charge >= 0.3 is 0 Å². The summed E-state index contributed by atoms with van der Waals surface area (Å²) in [7, 11) is 0. The molecule has 0 bridgehead atoms. The Morgan fingerprint density at radius 2 is 2.10 bits per heavy atom. The zero-order valence-electron chi connectivity index (χ0n) is 12.4. The van der Waals surface area contributed by atoms with Crippen molar-refractivity contribution < 1.29 is 9.47 Å². The summed E-state index contributed by atoms with van der Waals surface area (Å²) in [6.07, 6.45) is 6.18. The van der Waals surface area contributed by atoms with Gasteiger partial charge in [-0.15, -0.1) is 0 Å². The molecule has 20 heavy (non-hydrogen) atoms. The van der Waals surface area contributed by atoms with Gasteiger partial charge in [0.25, 0.3) is 0 Å². The third-order valence-corrected chi connectivity index (χ3v) is 4.38. The lowest BCUT2D eigenvalue weighted by Gasteiger charge is -2.23. The summed E-state index contributed by atoms with van der Waals surface area (Å²) in [6, 6.07) is 4.31. The third kappa shape index (κ3) is 2.78. The summed E-state index contributed by atoms with van der Waals surface area (Å²) in [4.78, 5) is 0. The molecular weight excluding hydrogens is 250 g/mol. The molecule has 1 N–H and O–H groups in total. The van der Waals surface area contributed by atoms with Gasteiger partial charge in [-0.3, -0.25) is 0 Å². The van der Waals surface area contributed by atoms with E-state index in [1.165, 1.54) is 43.2 Å². The highest BCUT2D eigenvalue weighted by atomic mass is 16.6. The molecule has 3 heteroatoms. The molecule has 0 fully saturated rings. The van der Waals surface area contributed by atoms with E-state index >= 15 is 0 Å². The lowest BCUT2D eigenvalue weighted by atomic mass is 9.96. The Morgan fingerprint density at radius 1 is 1.20 bits per heavy atom. The predicted octanol–water partition coefficient (Wildman–Crippen LogP) is 3.27. The van der Waals surface area contributed by atoms with E-state index in [-0.39, 0.29) is 0 Å². The number of hydrogen-bond acceptors (Lipinski definition) is 3. The lowest BCUT2D eigenvalue weighted by molar-refractivity contribution is 0.169. The molecule has 1 aliphatic carbocycles. The van der Waals surface area contributed by atoms with Crippen molar-refractivity contribution >= 4 is 0 Å². The smallest absolute Gasteiger partial charge is 0.165 e. The molecule has 1 heterocycles. The largest absolute Gasteiger partial charge is 0.486 e. The van der Waals surface area contributed by atoms with Crippen LogP contribution in [0.2, 0.25) is 0 Å². The highest BCUT2D eigenvalue weighted by Crippen LogP contribution is 2.46. The Bertz CT molecular complexity index is 459. The monoisotopic (exact) mass is 275 g/mol. The molecule has 0 amide bonds. The molecule has 3 nitrogen and oxygen atoms in total. The molecule has 1 aliphatic heterocycles. The number of unbranched alkanes of at least 4 members (excludes halogenated alkanes) is 1. The molecule has 3 rings (SSSR count). The fraction of sp³-hybridized carbons (Fsp3) is 0.647. The standard InChI is InChI=1S/C17H25NO2/c1-2-3-9-18-10-8-14-5-4-13-6-7-15-17(16(13)14)20-12-11-19-15/h6-7,14,18H,2-5,8-12H2,1H3. The Hall–Kier alpha value is -1.22. The van der Waals surface area contributed by atoms with Gasteiger partial charge in [-0.1, -0.05) is 19.4 Å². The number of ether oxygens (including phenoxy) is 2. The van der Waals surface area contributed by atoms with E-state index in [9.17, 15) is 0 Å². The van der Waals surface area contributed by atoms with E-state index in [0.29, 0.717) is 19.1 Å². The van der Waals surface area contributed by atoms with Gasteiger partial charge in [-0.2, -0.15) is 0 Å². The van der Waals surface area contributed by atoms with Crippen LogP contribution in [0.5, 0.6) is 11.5 Å². The summed E-state index contributed by atoms with van der Waals surface area (Å²) in [5, 5.41) is 3.55. The number of aryl methyl sites for hydroxylation is 1. The fourth-order valence-corrected chi connectivity index (χ4v) is 3.31. The van der Waals surface area contributed by atoms with E-state index in [0.717, 1.165) is 24.6 Å². The lowest BCUT2D eigenvalue weighted by Crippen LogP contribution is -2.20. The Morgan fingerprint density at radius 3 is 3.00 bits per heavy atom. The summed E-state index contributed by atoms with van der Waals surface area (Å²) >= 11 is 0. The average molecular weight is 275 g/mol. The SMILES string of the molecule is CCCCNCCC1CCc2ccc3c(c21)OCCO3. The second-order valence-corrected chi connectivity index (χ2v) is 5.79. The number of fused-ring (bicyclic) bond motifs is 3. The van der Waals surface area contributed by atoms with Crippen molar-refractivity contribution in [3.63, 3.8) is 0 Å². The van der Waals surface area contributed by atoms with Crippen LogP contribution >= 0.6 is 0 Å². The first-order chi connectivity index (χ1) is 9.90. The maximum absolute atomic E-state index is 5.90. The van der Waals surface area contributed by atoms with Gasteiger partial charge in [0, 0.05) is 5.56 Å². The van der Waals surface area contributed by atoms with Crippen LogP contribution < -0.4 is 14.8 Å². The quantitative estimate of drug-likeness (QED) is 0.808. The van der Waals surface area contributed by atoms with Gasteiger partial charge in [0.15, 0.2) is 11.5 Å². The Labute approximate surface area is 121 Å². The minimum Gasteiger partial charge on any atom is -0.486 e. The van der Waals surface area contributed by atoms with Gasteiger partial charge in [0.05, 0.1) is 0 Å². The van der Waals surface area contributed by atoms with Crippen LogP contribution in [0, 0.1) is 0 Å². The van der Waals surface area contributed by atoms with Crippen molar-refractivity contribution in [1.82, 2.24) is 5.32 Å². The van der Waals surface area contributed by atoms with Gasteiger partial charge in [-0.25, -0.2) is 0 Å². The summed E-state index contributed by atoms with van der Waals surface area (Å²) in [5.41, 5.74) is 2.90. The first kappa shape index (κ1) is 13.7. The first-order valence-corrected chi connectivity index (χ1v) is 8.02. The second kappa shape index (κ2) is 6.49. The van der Waals surface area contributed by atoms with Crippen molar-refractivity contribution in [3.05, 3.63) is 23.3 Å². The maximum atomic E-state index is 5.90. The Kier molecular flexibility index (Phi) is 4.46. The van der Waals surface area contributed by atoms with Crippen LogP contribution in [0.3, 0.4) is 0 Å². The van der Waals surface area contributed by atoms with E-state index in [1.54, 1.807) is 0 Å². The van der Waals surface area contributed by atoms with Crippen molar-refractivity contribution in [2.45, 2.75) is 44.9 Å². The van der Waals surface area contributed by atoms with E-state index in [2.05, 4.69) is 24.4 Å². The highest BCUT2D eigenvalue weighted by molar-refractivity contribution is 5.55. The normalized spacial score (nSPS) is 19.9. The van der Waals surface area contributed by atoms with Crippen LogP contribution in [0.25, 0.3) is 0 Å². The fourth-order valence-electron chi connectivity index (χ4n) is 3.31. The second-order valence-electron chi connectivity index (χ2n) is 5.79. The van der Waals surface area contributed by atoms with Crippen molar-refractivity contribution in [2.75, 3.05) is 26.3 Å². The zero-order chi connectivity index (χ0) is 13.8. The molecule has 0 spiro atoms. The van der Waals surface area contributed by atoms with Crippen LogP contribution in [0.15, 0.2) is 12.1 Å². The van der Waals surface area contributed by atoms with E-state index < -0.39 is 0 Å². The first-order valence-electron chi connectivity index (χ1n) is 8.02. The minimum atomic E-state index is 0.635. The van der Waals surface area contributed by atoms with E-state index in [4.69, 9.17) is 9.47 Å². The van der Waals surface area contributed by atoms with Crippen molar-refractivity contribution in [2.24, 2.45) is 0 Å².